The van der Waals surface area contributed by atoms with Crippen molar-refractivity contribution in [1.29, 1.82) is 0 Å². The maximum atomic E-state index is 4.66. The minimum Gasteiger partial charge on any atom is -0.320 e. The molecule has 1 unspecified atom stereocenters. The Morgan fingerprint density at radius 3 is 2.56 bits per heavy atom. The summed E-state index contributed by atoms with van der Waals surface area (Å²) in [5.41, 5.74) is 3.96. The average molecular weight is 223 g/mol. The zero-order valence-electron chi connectivity index (χ0n) is 11.3. The van der Waals surface area contributed by atoms with Gasteiger partial charge in [-0.1, -0.05) is 6.92 Å². The van der Waals surface area contributed by atoms with Crippen LogP contribution in [0, 0.1) is 13.8 Å². The third-order valence-electron chi connectivity index (χ3n) is 3.29. The Hall–Kier alpha value is -0.830. The smallest absolute Gasteiger partial charge is 0.0628 e. The van der Waals surface area contributed by atoms with Crippen molar-refractivity contribution in [3.05, 3.63) is 17.0 Å². The highest BCUT2D eigenvalue weighted by Crippen LogP contribution is 2.20. The molecule has 0 radical (unpaired) electrons. The molecule has 0 aliphatic carbocycles. The van der Waals surface area contributed by atoms with Crippen LogP contribution in [0.15, 0.2) is 0 Å². The van der Waals surface area contributed by atoms with Crippen LogP contribution in [0.3, 0.4) is 0 Å². The molecule has 0 aliphatic heterocycles. The molecular weight excluding hydrogens is 198 g/mol. The molecule has 0 fully saturated rings. The fourth-order valence-electron chi connectivity index (χ4n) is 2.33. The zero-order chi connectivity index (χ0) is 12.1. The van der Waals surface area contributed by atoms with E-state index in [0.717, 1.165) is 13.0 Å². The topological polar surface area (TPSA) is 29.9 Å². The van der Waals surface area contributed by atoms with Crippen molar-refractivity contribution < 1.29 is 0 Å². The number of nitrogens with zero attached hydrogens (tertiary/aromatic N) is 2. The summed E-state index contributed by atoms with van der Waals surface area (Å²) in [5.74, 6) is 0. The number of rotatable bonds is 6. The number of nitrogens with one attached hydrogen (secondary N) is 1. The SMILES string of the molecule is CCc1c(C)nn(C(C)CCCNC)c1C. The first kappa shape index (κ1) is 13.2. The summed E-state index contributed by atoms with van der Waals surface area (Å²) in [4.78, 5) is 0. The number of aryl methyl sites for hydroxylation is 1. The molecule has 0 aromatic carbocycles. The standard InChI is InChI=1S/C13H25N3/c1-6-13-11(3)15-16(12(13)4)10(2)8-7-9-14-5/h10,14H,6-9H2,1-5H3. The summed E-state index contributed by atoms with van der Waals surface area (Å²) in [5, 5.41) is 7.84. The Bertz CT molecular complexity index is 328. The summed E-state index contributed by atoms with van der Waals surface area (Å²) < 4.78 is 2.20. The largest absolute Gasteiger partial charge is 0.320 e. The Morgan fingerprint density at radius 1 is 1.38 bits per heavy atom. The number of hydrogen-bond donors (Lipinski definition) is 1. The molecule has 1 aromatic rings. The van der Waals surface area contributed by atoms with Gasteiger partial charge in [0.25, 0.3) is 0 Å². The molecule has 0 saturated heterocycles. The van der Waals surface area contributed by atoms with Gasteiger partial charge in [-0.3, -0.25) is 4.68 Å². The molecule has 16 heavy (non-hydrogen) atoms. The Morgan fingerprint density at radius 2 is 2.06 bits per heavy atom. The van der Waals surface area contributed by atoms with E-state index in [1.165, 1.54) is 29.8 Å². The quantitative estimate of drug-likeness (QED) is 0.751. The summed E-state index contributed by atoms with van der Waals surface area (Å²) in [6, 6.07) is 0.507. The Labute approximate surface area is 99.2 Å². The highest BCUT2D eigenvalue weighted by atomic mass is 15.3. The Kier molecular flexibility index (Phi) is 5.00. The first-order valence-corrected chi connectivity index (χ1v) is 6.31. The van der Waals surface area contributed by atoms with Gasteiger partial charge in [-0.05, 0) is 59.2 Å². The predicted octanol–water partition coefficient (Wildman–Crippen LogP) is 2.62. The highest BCUT2D eigenvalue weighted by molar-refractivity contribution is 5.24. The third kappa shape index (κ3) is 2.85. The molecule has 0 saturated carbocycles. The lowest BCUT2D eigenvalue weighted by Crippen LogP contribution is -2.13. The fourth-order valence-corrected chi connectivity index (χ4v) is 2.33. The van der Waals surface area contributed by atoms with Crippen LogP contribution in [0.2, 0.25) is 0 Å². The minimum atomic E-state index is 0.507. The van der Waals surface area contributed by atoms with E-state index >= 15 is 0 Å². The van der Waals surface area contributed by atoms with E-state index in [0.29, 0.717) is 6.04 Å². The fraction of sp³-hybridized carbons (Fsp3) is 0.769. The van der Waals surface area contributed by atoms with Gasteiger partial charge in [-0.2, -0.15) is 5.10 Å². The van der Waals surface area contributed by atoms with Gasteiger partial charge in [-0.25, -0.2) is 0 Å². The number of aromatic nitrogens is 2. The molecule has 3 heteroatoms. The molecule has 3 nitrogen and oxygen atoms in total. The second kappa shape index (κ2) is 6.04. The van der Waals surface area contributed by atoms with E-state index in [-0.39, 0.29) is 0 Å². The van der Waals surface area contributed by atoms with E-state index in [2.05, 4.69) is 42.8 Å². The van der Waals surface area contributed by atoms with Gasteiger partial charge < -0.3 is 5.32 Å². The zero-order valence-corrected chi connectivity index (χ0v) is 11.3. The van der Waals surface area contributed by atoms with Crippen LogP contribution in [0.5, 0.6) is 0 Å². The van der Waals surface area contributed by atoms with Gasteiger partial charge >= 0.3 is 0 Å². The van der Waals surface area contributed by atoms with Gasteiger partial charge in [0.05, 0.1) is 5.69 Å². The van der Waals surface area contributed by atoms with Gasteiger partial charge in [-0.15, -0.1) is 0 Å². The van der Waals surface area contributed by atoms with Gasteiger partial charge in [0.1, 0.15) is 0 Å². The highest BCUT2D eigenvalue weighted by Gasteiger charge is 2.13. The molecule has 0 amide bonds. The van der Waals surface area contributed by atoms with E-state index in [4.69, 9.17) is 0 Å². The summed E-state index contributed by atoms with van der Waals surface area (Å²) in [7, 11) is 2.00. The van der Waals surface area contributed by atoms with Crippen molar-refractivity contribution in [2.45, 2.75) is 53.0 Å². The van der Waals surface area contributed by atoms with Crippen LogP contribution < -0.4 is 5.32 Å². The van der Waals surface area contributed by atoms with Crippen molar-refractivity contribution in [3.63, 3.8) is 0 Å². The van der Waals surface area contributed by atoms with Crippen molar-refractivity contribution in [2.24, 2.45) is 0 Å². The van der Waals surface area contributed by atoms with Crippen LogP contribution in [-0.4, -0.2) is 23.4 Å². The second-order valence-electron chi connectivity index (χ2n) is 4.54. The lowest BCUT2D eigenvalue weighted by molar-refractivity contribution is 0.433. The molecule has 0 bridgehead atoms. The van der Waals surface area contributed by atoms with Crippen LogP contribution in [0.4, 0.5) is 0 Å². The predicted molar refractivity (Wildman–Crippen MR) is 69.0 cm³/mol. The second-order valence-corrected chi connectivity index (χ2v) is 4.54. The average Bonchev–Trinajstić information content (AvgIpc) is 2.54. The molecule has 1 N–H and O–H groups in total. The monoisotopic (exact) mass is 223 g/mol. The summed E-state index contributed by atoms with van der Waals surface area (Å²) >= 11 is 0. The first-order valence-electron chi connectivity index (χ1n) is 6.31. The Balaban J connectivity index is 2.71. The van der Waals surface area contributed by atoms with E-state index in [9.17, 15) is 0 Å². The van der Waals surface area contributed by atoms with Crippen molar-refractivity contribution >= 4 is 0 Å². The molecule has 1 rings (SSSR count). The van der Waals surface area contributed by atoms with E-state index in [1.54, 1.807) is 0 Å². The van der Waals surface area contributed by atoms with E-state index in [1.807, 2.05) is 7.05 Å². The normalized spacial score (nSPS) is 13.1. The van der Waals surface area contributed by atoms with Gasteiger partial charge in [0.15, 0.2) is 0 Å². The first-order chi connectivity index (χ1) is 7.61. The maximum absolute atomic E-state index is 4.66. The van der Waals surface area contributed by atoms with Crippen LogP contribution in [-0.2, 0) is 6.42 Å². The summed E-state index contributed by atoms with van der Waals surface area (Å²) in [6.45, 7) is 9.85. The molecular formula is C13H25N3. The lowest BCUT2D eigenvalue weighted by Gasteiger charge is -2.14. The van der Waals surface area contributed by atoms with Crippen molar-refractivity contribution in [3.8, 4) is 0 Å². The molecule has 1 aromatic heterocycles. The molecule has 0 aliphatic rings. The third-order valence-corrected chi connectivity index (χ3v) is 3.29. The molecule has 0 spiro atoms. The van der Waals surface area contributed by atoms with Crippen LogP contribution in [0.25, 0.3) is 0 Å². The van der Waals surface area contributed by atoms with Crippen molar-refractivity contribution in [1.82, 2.24) is 15.1 Å². The molecule has 1 heterocycles. The molecule has 92 valence electrons. The maximum Gasteiger partial charge on any atom is 0.0628 e. The number of hydrogen-bond acceptors (Lipinski definition) is 2. The van der Waals surface area contributed by atoms with Crippen LogP contribution >= 0.6 is 0 Å². The van der Waals surface area contributed by atoms with E-state index < -0.39 is 0 Å². The lowest BCUT2D eigenvalue weighted by atomic mass is 10.1. The van der Waals surface area contributed by atoms with Crippen LogP contribution in [0.1, 0.15) is 49.7 Å². The summed E-state index contributed by atoms with van der Waals surface area (Å²) in [6.07, 6.45) is 3.48. The van der Waals surface area contributed by atoms with Gasteiger partial charge in [0, 0.05) is 11.7 Å². The molecule has 1 atom stereocenters. The minimum absolute atomic E-state index is 0.507. The van der Waals surface area contributed by atoms with Gasteiger partial charge in [0.2, 0.25) is 0 Å². The van der Waals surface area contributed by atoms with Crippen molar-refractivity contribution in [2.75, 3.05) is 13.6 Å².